The van der Waals surface area contributed by atoms with Crippen molar-refractivity contribution < 1.29 is 18.3 Å². The largest absolute Gasteiger partial charge is 0.465 e. The van der Waals surface area contributed by atoms with Gasteiger partial charge in [0.25, 0.3) is 6.43 Å². The molecule has 0 aliphatic carbocycles. The number of alkyl halides is 2. The molecule has 1 unspecified atom stereocenters. The Morgan fingerprint density at radius 1 is 1.42 bits per heavy atom. The number of aromatic nitrogens is 2. The Morgan fingerprint density at radius 3 is 2.79 bits per heavy atom. The van der Waals surface area contributed by atoms with E-state index in [-0.39, 0.29) is 11.5 Å². The van der Waals surface area contributed by atoms with Crippen molar-refractivity contribution in [1.82, 2.24) is 9.38 Å². The first kappa shape index (κ1) is 13.5. The van der Waals surface area contributed by atoms with Gasteiger partial charge in [-0.05, 0) is 26.0 Å². The van der Waals surface area contributed by atoms with Crippen LogP contribution in [0.4, 0.5) is 8.78 Å². The molecular weight excluding hydrogens is 254 g/mol. The lowest BCUT2D eigenvalue weighted by atomic mass is 10.1. The molecule has 2 aromatic heterocycles. The predicted molar refractivity (Wildman–Crippen MR) is 65.2 cm³/mol. The van der Waals surface area contributed by atoms with E-state index >= 15 is 0 Å². The second-order valence-electron chi connectivity index (χ2n) is 4.17. The molecular formula is C13H14F2N2O2. The van der Waals surface area contributed by atoms with Crippen LogP contribution in [0.25, 0.3) is 5.65 Å². The van der Waals surface area contributed by atoms with Crippen LogP contribution in [-0.4, -0.2) is 22.0 Å². The van der Waals surface area contributed by atoms with E-state index in [1.165, 1.54) is 22.7 Å². The van der Waals surface area contributed by atoms with Gasteiger partial charge in [-0.3, -0.25) is 4.79 Å². The SMILES string of the molecule is CCOC(=O)C(C)c1cn2cc(C(F)F)ccc2n1. The van der Waals surface area contributed by atoms with Crippen molar-refractivity contribution in [2.75, 3.05) is 6.61 Å². The number of rotatable bonds is 4. The fourth-order valence-corrected chi connectivity index (χ4v) is 1.75. The van der Waals surface area contributed by atoms with Crippen LogP contribution in [0.15, 0.2) is 24.5 Å². The number of imidazole rings is 1. The summed E-state index contributed by atoms with van der Waals surface area (Å²) in [6.45, 7) is 3.70. The number of carbonyl (C=O) groups excluding carboxylic acids is 1. The van der Waals surface area contributed by atoms with Crippen LogP contribution in [0.1, 0.15) is 37.4 Å². The zero-order chi connectivity index (χ0) is 14.0. The van der Waals surface area contributed by atoms with E-state index in [1.54, 1.807) is 20.0 Å². The lowest BCUT2D eigenvalue weighted by Crippen LogP contribution is -2.13. The Balaban J connectivity index is 2.33. The first-order valence-electron chi connectivity index (χ1n) is 5.96. The topological polar surface area (TPSA) is 43.6 Å². The lowest BCUT2D eigenvalue weighted by Gasteiger charge is -2.06. The quantitative estimate of drug-likeness (QED) is 0.801. The number of pyridine rings is 1. The van der Waals surface area contributed by atoms with E-state index in [0.29, 0.717) is 17.9 Å². The van der Waals surface area contributed by atoms with Crippen LogP contribution < -0.4 is 0 Å². The monoisotopic (exact) mass is 268 g/mol. The molecule has 0 aliphatic heterocycles. The van der Waals surface area contributed by atoms with Crippen molar-refractivity contribution in [2.45, 2.75) is 26.2 Å². The molecule has 0 bridgehead atoms. The van der Waals surface area contributed by atoms with Crippen molar-refractivity contribution in [1.29, 1.82) is 0 Å². The number of fused-ring (bicyclic) bond motifs is 1. The number of hydrogen-bond acceptors (Lipinski definition) is 3. The molecule has 2 rings (SSSR count). The summed E-state index contributed by atoms with van der Waals surface area (Å²) in [5, 5.41) is 0. The minimum absolute atomic E-state index is 0.0831. The minimum Gasteiger partial charge on any atom is -0.465 e. The van der Waals surface area contributed by atoms with Crippen molar-refractivity contribution in [3.63, 3.8) is 0 Å². The summed E-state index contributed by atoms with van der Waals surface area (Å²) in [5.41, 5.74) is 0.945. The highest BCUT2D eigenvalue weighted by Gasteiger charge is 2.20. The molecule has 0 saturated carbocycles. The van der Waals surface area contributed by atoms with Gasteiger partial charge in [0.15, 0.2) is 0 Å². The van der Waals surface area contributed by atoms with Gasteiger partial charge in [0.05, 0.1) is 18.2 Å². The molecule has 0 fully saturated rings. The fourth-order valence-electron chi connectivity index (χ4n) is 1.75. The molecule has 0 N–H and O–H groups in total. The van der Waals surface area contributed by atoms with Crippen LogP contribution in [0.2, 0.25) is 0 Å². The van der Waals surface area contributed by atoms with Gasteiger partial charge in [-0.15, -0.1) is 0 Å². The fraction of sp³-hybridized carbons (Fsp3) is 0.385. The average Bonchev–Trinajstić information content (AvgIpc) is 2.80. The smallest absolute Gasteiger partial charge is 0.314 e. The van der Waals surface area contributed by atoms with Crippen molar-refractivity contribution in [3.05, 3.63) is 35.8 Å². The Bertz CT molecular complexity index is 595. The number of carbonyl (C=O) groups is 1. The third kappa shape index (κ3) is 2.72. The summed E-state index contributed by atoms with van der Waals surface area (Å²) < 4.78 is 31.6. The second kappa shape index (κ2) is 5.34. The summed E-state index contributed by atoms with van der Waals surface area (Å²) in [7, 11) is 0. The van der Waals surface area contributed by atoms with Crippen LogP contribution in [0, 0.1) is 0 Å². The molecule has 0 radical (unpaired) electrons. The van der Waals surface area contributed by atoms with Gasteiger partial charge in [0.2, 0.25) is 0 Å². The van der Waals surface area contributed by atoms with Gasteiger partial charge in [-0.25, -0.2) is 13.8 Å². The van der Waals surface area contributed by atoms with Gasteiger partial charge in [-0.2, -0.15) is 0 Å². The Morgan fingerprint density at radius 2 is 2.16 bits per heavy atom. The summed E-state index contributed by atoms with van der Waals surface area (Å²) >= 11 is 0. The molecule has 0 spiro atoms. The van der Waals surface area contributed by atoms with Gasteiger partial charge < -0.3 is 9.14 Å². The molecule has 6 heteroatoms. The van der Waals surface area contributed by atoms with Gasteiger partial charge in [0, 0.05) is 18.0 Å². The van der Waals surface area contributed by atoms with Gasteiger partial charge in [-0.1, -0.05) is 0 Å². The summed E-state index contributed by atoms with van der Waals surface area (Å²) in [4.78, 5) is 15.8. The predicted octanol–water partition coefficient (Wildman–Crippen LogP) is 2.94. The molecule has 19 heavy (non-hydrogen) atoms. The van der Waals surface area contributed by atoms with Crippen molar-refractivity contribution in [3.8, 4) is 0 Å². The third-order valence-corrected chi connectivity index (χ3v) is 2.83. The number of hydrogen-bond donors (Lipinski definition) is 0. The lowest BCUT2D eigenvalue weighted by molar-refractivity contribution is -0.144. The van der Waals surface area contributed by atoms with Crippen LogP contribution >= 0.6 is 0 Å². The maximum Gasteiger partial charge on any atom is 0.314 e. The number of nitrogens with zero attached hydrogens (tertiary/aromatic N) is 2. The number of halogens is 2. The molecule has 2 heterocycles. The average molecular weight is 268 g/mol. The Hall–Kier alpha value is -1.98. The highest BCUT2D eigenvalue weighted by atomic mass is 19.3. The van der Waals surface area contributed by atoms with E-state index < -0.39 is 12.3 Å². The zero-order valence-corrected chi connectivity index (χ0v) is 10.6. The second-order valence-corrected chi connectivity index (χ2v) is 4.17. The van der Waals surface area contributed by atoms with Crippen molar-refractivity contribution >= 4 is 11.6 Å². The third-order valence-electron chi connectivity index (χ3n) is 2.83. The number of esters is 1. The van der Waals surface area contributed by atoms with Gasteiger partial charge >= 0.3 is 5.97 Å². The highest BCUT2D eigenvalue weighted by Crippen LogP contribution is 2.21. The molecule has 4 nitrogen and oxygen atoms in total. The van der Waals surface area contributed by atoms with E-state index in [1.807, 2.05) is 0 Å². The molecule has 0 aromatic carbocycles. The number of ether oxygens (including phenoxy) is 1. The van der Waals surface area contributed by atoms with Crippen LogP contribution in [0.5, 0.6) is 0 Å². The standard InChI is InChI=1S/C13H14F2N2O2/c1-3-19-13(18)8(2)10-7-17-6-9(12(14)15)4-5-11(17)16-10/h4-8,12H,3H2,1-2H3. The maximum atomic E-state index is 12.6. The summed E-state index contributed by atoms with van der Waals surface area (Å²) in [5.74, 6) is -0.894. The van der Waals surface area contributed by atoms with Crippen molar-refractivity contribution in [2.24, 2.45) is 0 Å². The Kier molecular flexibility index (Phi) is 3.78. The van der Waals surface area contributed by atoms with Gasteiger partial charge in [0.1, 0.15) is 5.65 Å². The first-order valence-corrected chi connectivity index (χ1v) is 5.96. The van der Waals surface area contributed by atoms with E-state index in [9.17, 15) is 13.6 Å². The van der Waals surface area contributed by atoms with E-state index in [4.69, 9.17) is 4.74 Å². The molecule has 2 aromatic rings. The summed E-state index contributed by atoms with van der Waals surface area (Å²) in [6, 6.07) is 2.83. The molecule has 0 aliphatic rings. The van der Waals surface area contributed by atoms with Crippen LogP contribution in [-0.2, 0) is 9.53 Å². The minimum atomic E-state index is -2.53. The first-order chi connectivity index (χ1) is 9.02. The maximum absolute atomic E-state index is 12.6. The normalized spacial score (nSPS) is 12.9. The van der Waals surface area contributed by atoms with Crippen LogP contribution in [0.3, 0.4) is 0 Å². The molecule has 1 atom stereocenters. The molecule has 0 saturated heterocycles. The van der Waals surface area contributed by atoms with E-state index in [2.05, 4.69) is 4.98 Å². The molecule has 0 amide bonds. The zero-order valence-electron chi connectivity index (χ0n) is 10.6. The van der Waals surface area contributed by atoms with E-state index in [0.717, 1.165) is 0 Å². The summed E-state index contributed by atoms with van der Waals surface area (Å²) in [6.07, 6.45) is 0.356. The molecule has 102 valence electrons. The highest BCUT2D eigenvalue weighted by molar-refractivity contribution is 5.77. The Labute approximate surface area is 109 Å².